The molecule has 0 bridgehead atoms. The highest BCUT2D eigenvalue weighted by Crippen LogP contribution is 2.14. The average molecular weight is 269 g/mol. The quantitative estimate of drug-likeness (QED) is 0.905. The summed E-state index contributed by atoms with van der Waals surface area (Å²) in [6.07, 6.45) is 0.838. The smallest absolute Gasteiger partial charge is 0.254 e. The van der Waals surface area contributed by atoms with E-state index in [4.69, 9.17) is 22.1 Å². The van der Waals surface area contributed by atoms with Gasteiger partial charge in [0.1, 0.15) is 0 Å². The first-order valence-corrected chi connectivity index (χ1v) is 6.45. The molecule has 1 aromatic rings. The molecule has 4 nitrogen and oxygen atoms in total. The summed E-state index contributed by atoms with van der Waals surface area (Å²) in [4.78, 5) is 14.1. The van der Waals surface area contributed by atoms with Crippen LogP contribution in [0.2, 0.25) is 5.02 Å². The molecule has 5 heteroatoms. The van der Waals surface area contributed by atoms with Crippen LogP contribution in [0.25, 0.3) is 0 Å². The van der Waals surface area contributed by atoms with Gasteiger partial charge in [-0.15, -0.1) is 0 Å². The fourth-order valence-corrected chi connectivity index (χ4v) is 2.17. The molecule has 0 spiro atoms. The Hall–Kier alpha value is -1.10. The number of benzene rings is 1. The molecule has 0 aliphatic carbocycles. The largest absolute Gasteiger partial charge is 0.374 e. The van der Waals surface area contributed by atoms with Gasteiger partial charge >= 0.3 is 0 Å². The van der Waals surface area contributed by atoms with E-state index in [0.717, 1.165) is 6.42 Å². The molecule has 1 saturated heterocycles. The van der Waals surface area contributed by atoms with Crippen LogP contribution < -0.4 is 5.73 Å². The van der Waals surface area contributed by atoms with Crippen LogP contribution in [0.4, 0.5) is 0 Å². The highest BCUT2D eigenvalue weighted by Gasteiger charge is 2.24. The van der Waals surface area contributed by atoms with Crippen LogP contribution in [0.15, 0.2) is 24.3 Å². The summed E-state index contributed by atoms with van der Waals surface area (Å²) in [5.41, 5.74) is 6.17. The number of hydrogen-bond acceptors (Lipinski definition) is 3. The van der Waals surface area contributed by atoms with E-state index < -0.39 is 0 Å². The molecule has 0 saturated carbocycles. The van der Waals surface area contributed by atoms with Gasteiger partial charge in [-0.05, 0) is 37.2 Å². The van der Waals surface area contributed by atoms with Gasteiger partial charge in [0.05, 0.1) is 12.7 Å². The van der Waals surface area contributed by atoms with Crippen molar-refractivity contribution < 1.29 is 9.53 Å². The molecule has 18 heavy (non-hydrogen) atoms. The van der Waals surface area contributed by atoms with Crippen molar-refractivity contribution in [2.75, 3.05) is 26.2 Å². The number of amides is 1. The van der Waals surface area contributed by atoms with E-state index in [-0.39, 0.29) is 12.0 Å². The molecule has 98 valence electrons. The molecular weight excluding hydrogens is 252 g/mol. The van der Waals surface area contributed by atoms with E-state index in [1.807, 2.05) is 4.90 Å². The molecule has 1 atom stereocenters. The van der Waals surface area contributed by atoms with Crippen LogP contribution in [-0.4, -0.2) is 43.2 Å². The number of morpholine rings is 1. The van der Waals surface area contributed by atoms with Crippen LogP contribution >= 0.6 is 11.6 Å². The average Bonchev–Trinajstić information content (AvgIpc) is 2.39. The third kappa shape index (κ3) is 3.22. The third-order valence-corrected chi connectivity index (χ3v) is 3.26. The SMILES string of the molecule is NCCC1CN(C(=O)c2ccc(Cl)cc2)CCO1. The molecular formula is C13H17ClN2O2. The van der Waals surface area contributed by atoms with Crippen molar-refractivity contribution in [2.24, 2.45) is 5.73 Å². The van der Waals surface area contributed by atoms with Gasteiger partial charge in [0.15, 0.2) is 0 Å². The molecule has 1 amide bonds. The maximum absolute atomic E-state index is 12.3. The van der Waals surface area contributed by atoms with Crippen molar-refractivity contribution in [3.05, 3.63) is 34.9 Å². The monoisotopic (exact) mass is 268 g/mol. The van der Waals surface area contributed by atoms with E-state index >= 15 is 0 Å². The molecule has 1 aliphatic heterocycles. The number of hydrogen-bond donors (Lipinski definition) is 1. The van der Waals surface area contributed by atoms with Crippen LogP contribution in [0.5, 0.6) is 0 Å². The standard InChI is InChI=1S/C13H17ClN2O2/c14-11-3-1-10(2-4-11)13(17)16-7-8-18-12(9-16)5-6-15/h1-4,12H,5-9,15H2. The van der Waals surface area contributed by atoms with Gasteiger partial charge in [0.25, 0.3) is 5.91 Å². The lowest BCUT2D eigenvalue weighted by Gasteiger charge is -2.33. The van der Waals surface area contributed by atoms with Gasteiger partial charge < -0.3 is 15.4 Å². The van der Waals surface area contributed by atoms with Crippen LogP contribution in [0.3, 0.4) is 0 Å². The lowest BCUT2D eigenvalue weighted by Crippen LogP contribution is -2.46. The zero-order valence-electron chi connectivity index (χ0n) is 10.1. The fourth-order valence-electron chi connectivity index (χ4n) is 2.04. The first-order valence-electron chi connectivity index (χ1n) is 6.07. The molecule has 1 unspecified atom stereocenters. The number of halogens is 1. The minimum Gasteiger partial charge on any atom is -0.374 e. The Balaban J connectivity index is 2.02. The van der Waals surface area contributed by atoms with Crippen LogP contribution in [0.1, 0.15) is 16.8 Å². The number of ether oxygens (including phenoxy) is 1. The van der Waals surface area contributed by atoms with Crippen molar-refractivity contribution in [1.29, 1.82) is 0 Å². The predicted octanol–water partition coefficient (Wildman–Crippen LogP) is 1.53. The Morgan fingerprint density at radius 3 is 2.83 bits per heavy atom. The Kier molecular flexibility index (Phi) is 4.58. The van der Waals surface area contributed by atoms with E-state index in [0.29, 0.717) is 36.8 Å². The molecule has 1 fully saturated rings. The van der Waals surface area contributed by atoms with Crippen LogP contribution in [0, 0.1) is 0 Å². The summed E-state index contributed by atoms with van der Waals surface area (Å²) in [5, 5.41) is 0.634. The molecule has 0 radical (unpaired) electrons. The topological polar surface area (TPSA) is 55.6 Å². The zero-order valence-corrected chi connectivity index (χ0v) is 10.9. The summed E-state index contributed by atoms with van der Waals surface area (Å²) in [6.45, 7) is 2.39. The van der Waals surface area contributed by atoms with Gasteiger partial charge in [-0.3, -0.25) is 4.79 Å². The molecule has 2 rings (SSSR count). The normalized spacial score (nSPS) is 19.9. The first-order chi connectivity index (χ1) is 8.70. The minimum atomic E-state index is 0.0250. The summed E-state index contributed by atoms with van der Waals surface area (Å²) in [7, 11) is 0. The van der Waals surface area contributed by atoms with Crippen LogP contribution in [-0.2, 0) is 4.74 Å². The lowest BCUT2D eigenvalue weighted by molar-refractivity contribution is -0.0236. The molecule has 1 aliphatic rings. The molecule has 2 N–H and O–H groups in total. The van der Waals surface area contributed by atoms with Gasteiger partial charge in [0, 0.05) is 23.7 Å². The van der Waals surface area contributed by atoms with Gasteiger partial charge in [-0.1, -0.05) is 11.6 Å². The molecule has 1 heterocycles. The Morgan fingerprint density at radius 1 is 1.44 bits per heavy atom. The highest BCUT2D eigenvalue weighted by atomic mass is 35.5. The van der Waals surface area contributed by atoms with E-state index in [2.05, 4.69) is 0 Å². The first kappa shape index (κ1) is 13.3. The second kappa shape index (κ2) is 6.18. The number of nitrogens with two attached hydrogens (primary N) is 1. The third-order valence-electron chi connectivity index (χ3n) is 3.01. The van der Waals surface area contributed by atoms with E-state index in [9.17, 15) is 4.79 Å². The summed E-state index contributed by atoms with van der Waals surface area (Å²) < 4.78 is 5.56. The Morgan fingerprint density at radius 2 is 2.17 bits per heavy atom. The zero-order chi connectivity index (χ0) is 13.0. The Labute approximate surface area is 112 Å². The summed E-state index contributed by atoms with van der Waals surface area (Å²) >= 11 is 5.81. The van der Waals surface area contributed by atoms with Gasteiger partial charge in [0.2, 0.25) is 0 Å². The number of carbonyl (C=O) groups excluding carboxylic acids is 1. The number of rotatable bonds is 3. The van der Waals surface area contributed by atoms with Crippen molar-refractivity contribution >= 4 is 17.5 Å². The minimum absolute atomic E-state index is 0.0250. The predicted molar refractivity (Wildman–Crippen MR) is 70.8 cm³/mol. The van der Waals surface area contributed by atoms with Crippen molar-refractivity contribution in [1.82, 2.24) is 4.90 Å². The number of carbonyl (C=O) groups is 1. The highest BCUT2D eigenvalue weighted by molar-refractivity contribution is 6.30. The second-order valence-electron chi connectivity index (χ2n) is 4.33. The summed E-state index contributed by atoms with van der Waals surface area (Å²) in [6, 6.07) is 6.95. The summed E-state index contributed by atoms with van der Waals surface area (Å²) in [5.74, 6) is 0.0250. The van der Waals surface area contributed by atoms with E-state index in [1.54, 1.807) is 24.3 Å². The van der Waals surface area contributed by atoms with E-state index in [1.165, 1.54) is 0 Å². The van der Waals surface area contributed by atoms with Gasteiger partial charge in [-0.25, -0.2) is 0 Å². The maximum atomic E-state index is 12.3. The maximum Gasteiger partial charge on any atom is 0.254 e. The molecule has 0 aromatic heterocycles. The fraction of sp³-hybridized carbons (Fsp3) is 0.462. The van der Waals surface area contributed by atoms with Crippen molar-refractivity contribution in [3.63, 3.8) is 0 Å². The lowest BCUT2D eigenvalue weighted by atomic mass is 10.1. The van der Waals surface area contributed by atoms with Gasteiger partial charge in [-0.2, -0.15) is 0 Å². The number of nitrogens with zero attached hydrogens (tertiary/aromatic N) is 1. The van der Waals surface area contributed by atoms with Crippen molar-refractivity contribution in [3.8, 4) is 0 Å². The molecule has 1 aromatic carbocycles. The van der Waals surface area contributed by atoms with Crippen molar-refractivity contribution in [2.45, 2.75) is 12.5 Å². The Bertz CT molecular complexity index is 406. The second-order valence-corrected chi connectivity index (χ2v) is 4.76.